The fourth-order valence-corrected chi connectivity index (χ4v) is 2.56. The lowest BCUT2D eigenvalue weighted by Gasteiger charge is -2.15. The van der Waals surface area contributed by atoms with Gasteiger partial charge in [-0.15, -0.1) is 10.2 Å². The smallest absolute Gasteiger partial charge is 0.227 e. The maximum atomic E-state index is 10.8. The topological polar surface area (TPSA) is 83.0 Å². The van der Waals surface area contributed by atoms with Gasteiger partial charge >= 0.3 is 0 Å². The fraction of sp³-hybridized carbons (Fsp3) is 0.308. The van der Waals surface area contributed by atoms with Crippen molar-refractivity contribution in [1.29, 1.82) is 0 Å². The predicted molar refractivity (Wildman–Crippen MR) is 81.4 cm³/mol. The van der Waals surface area contributed by atoms with E-state index in [4.69, 9.17) is 22.1 Å². The Morgan fingerprint density at radius 1 is 1.48 bits per heavy atom. The first kappa shape index (κ1) is 15.7. The molecule has 1 aromatic heterocycles. The van der Waals surface area contributed by atoms with Gasteiger partial charge in [0.2, 0.25) is 5.91 Å². The average Bonchev–Trinajstić information content (AvgIpc) is 2.80. The van der Waals surface area contributed by atoms with E-state index < -0.39 is 5.91 Å². The van der Waals surface area contributed by atoms with Gasteiger partial charge in [0.15, 0.2) is 17.1 Å². The van der Waals surface area contributed by atoms with E-state index in [-0.39, 0.29) is 11.9 Å². The number of rotatable bonds is 6. The second-order valence-electron chi connectivity index (χ2n) is 4.35. The molecule has 8 heteroatoms. The van der Waals surface area contributed by atoms with Gasteiger partial charge in [-0.1, -0.05) is 35.5 Å². The molecule has 0 aliphatic rings. The van der Waals surface area contributed by atoms with Crippen LogP contribution in [0.2, 0.25) is 5.02 Å². The van der Waals surface area contributed by atoms with Crippen molar-refractivity contribution in [2.24, 2.45) is 12.8 Å². The largest absolute Gasteiger partial charge is 0.481 e. The van der Waals surface area contributed by atoms with Crippen molar-refractivity contribution >= 4 is 29.3 Å². The molecule has 2 rings (SSSR count). The Kier molecular flexibility index (Phi) is 5.08. The van der Waals surface area contributed by atoms with Crippen molar-refractivity contribution in [2.75, 3.05) is 5.75 Å². The number of amides is 1. The van der Waals surface area contributed by atoms with Crippen LogP contribution in [0.4, 0.5) is 0 Å². The maximum Gasteiger partial charge on any atom is 0.227 e. The summed E-state index contributed by atoms with van der Waals surface area (Å²) in [6.07, 6.45) is -0.328. The molecule has 1 atom stereocenters. The van der Waals surface area contributed by atoms with Gasteiger partial charge in [-0.25, -0.2) is 0 Å². The molecular formula is C13H15ClN4O2S. The van der Waals surface area contributed by atoms with E-state index in [0.29, 0.717) is 21.8 Å². The Morgan fingerprint density at radius 2 is 2.19 bits per heavy atom. The molecule has 1 amide bonds. The van der Waals surface area contributed by atoms with Crippen LogP contribution in [0, 0.1) is 0 Å². The number of carbonyl (C=O) groups is 1. The number of hydrogen-bond acceptors (Lipinski definition) is 5. The van der Waals surface area contributed by atoms with Gasteiger partial charge in [0.05, 0.1) is 10.8 Å². The number of benzene rings is 1. The molecule has 0 saturated heterocycles. The summed E-state index contributed by atoms with van der Waals surface area (Å²) in [6.45, 7) is 1.86. The third-order valence-corrected chi connectivity index (χ3v) is 4.07. The molecule has 6 nitrogen and oxygen atoms in total. The van der Waals surface area contributed by atoms with Crippen LogP contribution in [0.3, 0.4) is 0 Å². The number of ether oxygens (including phenoxy) is 1. The van der Waals surface area contributed by atoms with E-state index in [2.05, 4.69) is 10.2 Å². The summed E-state index contributed by atoms with van der Waals surface area (Å²) in [5.41, 5.74) is 5.12. The zero-order chi connectivity index (χ0) is 15.4. The third-order valence-electron chi connectivity index (χ3n) is 2.72. The molecule has 0 fully saturated rings. The fourth-order valence-electron chi connectivity index (χ4n) is 1.73. The number of nitrogens with two attached hydrogens (primary N) is 1. The lowest BCUT2D eigenvalue weighted by atomic mass is 10.3. The van der Waals surface area contributed by atoms with Crippen molar-refractivity contribution in [3.05, 3.63) is 35.1 Å². The lowest BCUT2D eigenvalue weighted by Crippen LogP contribution is -2.14. The SMILES string of the molecule is C[C@@H](Oc1ccccc1Cl)c1nnc(SCC(N)=O)n1C. The number of primary amides is 1. The highest BCUT2D eigenvalue weighted by atomic mass is 35.5. The summed E-state index contributed by atoms with van der Waals surface area (Å²) in [7, 11) is 1.81. The van der Waals surface area contributed by atoms with Gasteiger partial charge in [0, 0.05) is 7.05 Å². The summed E-state index contributed by atoms with van der Waals surface area (Å²) in [4.78, 5) is 10.8. The number of carbonyl (C=O) groups excluding carboxylic acids is 1. The van der Waals surface area contributed by atoms with Crippen LogP contribution in [-0.4, -0.2) is 26.4 Å². The first-order valence-electron chi connectivity index (χ1n) is 6.20. The van der Waals surface area contributed by atoms with E-state index in [1.807, 2.05) is 26.1 Å². The van der Waals surface area contributed by atoms with E-state index >= 15 is 0 Å². The molecule has 1 heterocycles. The van der Waals surface area contributed by atoms with E-state index in [1.54, 1.807) is 16.7 Å². The number of para-hydroxylation sites is 1. The molecule has 112 valence electrons. The third kappa shape index (κ3) is 3.89. The van der Waals surface area contributed by atoms with Crippen molar-refractivity contribution in [3.8, 4) is 5.75 Å². The molecule has 0 bridgehead atoms. The van der Waals surface area contributed by atoms with Crippen LogP contribution in [0.15, 0.2) is 29.4 Å². The zero-order valence-corrected chi connectivity index (χ0v) is 13.2. The molecule has 0 aliphatic heterocycles. The Balaban J connectivity index is 2.11. The van der Waals surface area contributed by atoms with Gasteiger partial charge in [-0.3, -0.25) is 4.79 Å². The molecule has 0 radical (unpaired) electrons. The molecule has 0 aliphatic carbocycles. The molecule has 0 unspecified atom stereocenters. The standard InChI is InChI=1S/C13H15ClN4O2S/c1-8(20-10-6-4-3-5-9(10)14)12-16-17-13(18(12)2)21-7-11(15)19/h3-6,8H,7H2,1-2H3,(H2,15,19)/t8-/m1/s1. The molecule has 0 spiro atoms. The predicted octanol–water partition coefficient (Wildman–Crippen LogP) is 2.19. The van der Waals surface area contributed by atoms with Crippen LogP contribution in [0.1, 0.15) is 18.9 Å². The minimum Gasteiger partial charge on any atom is -0.481 e. The number of hydrogen-bond donors (Lipinski definition) is 1. The van der Waals surface area contributed by atoms with Gasteiger partial charge in [-0.05, 0) is 19.1 Å². The normalized spacial score (nSPS) is 12.1. The van der Waals surface area contributed by atoms with Crippen LogP contribution < -0.4 is 10.5 Å². The highest BCUT2D eigenvalue weighted by Gasteiger charge is 2.18. The number of aromatic nitrogens is 3. The van der Waals surface area contributed by atoms with Crippen LogP contribution in [-0.2, 0) is 11.8 Å². The molecule has 2 aromatic rings. The quantitative estimate of drug-likeness (QED) is 0.823. The van der Waals surface area contributed by atoms with E-state index in [1.165, 1.54) is 11.8 Å². The molecule has 1 aromatic carbocycles. The van der Waals surface area contributed by atoms with Crippen LogP contribution in [0.25, 0.3) is 0 Å². The van der Waals surface area contributed by atoms with Gasteiger partial charge < -0.3 is 15.0 Å². The van der Waals surface area contributed by atoms with Gasteiger partial charge in [-0.2, -0.15) is 0 Å². The summed E-state index contributed by atoms with van der Waals surface area (Å²) < 4.78 is 7.57. The Hall–Kier alpha value is -1.73. The molecule has 2 N–H and O–H groups in total. The Bertz CT molecular complexity index is 647. The average molecular weight is 327 g/mol. The highest BCUT2D eigenvalue weighted by molar-refractivity contribution is 7.99. The first-order chi connectivity index (χ1) is 9.99. The molecular weight excluding hydrogens is 312 g/mol. The number of nitrogens with zero attached hydrogens (tertiary/aromatic N) is 3. The van der Waals surface area contributed by atoms with Crippen LogP contribution >= 0.6 is 23.4 Å². The first-order valence-corrected chi connectivity index (χ1v) is 7.57. The molecule has 0 saturated carbocycles. The van der Waals surface area contributed by atoms with Crippen molar-refractivity contribution < 1.29 is 9.53 Å². The second kappa shape index (κ2) is 6.82. The molecule has 21 heavy (non-hydrogen) atoms. The highest BCUT2D eigenvalue weighted by Crippen LogP contribution is 2.28. The monoisotopic (exact) mass is 326 g/mol. The van der Waals surface area contributed by atoms with Gasteiger partial charge in [0.1, 0.15) is 5.75 Å². The van der Waals surface area contributed by atoms with Gasteiger partial charge in [0.25, 0.3) is 0 Å². The summed E-state index contributed by atoms with van der Waals surface area (Å²) in [6, 6.07) is 7.23. The Labute approximate surface area is 131 Å². The zero-order valence-electron chi connectivity index (χ0n) is 11.6. The van der Waals surface area contributed by atoms with Crippen molar-refractivity contribution in [3.63, 3.8) is 0 Å². The minimum atomic E-state index is -0.398. The second-order valence-corrected chi connectivity index (χ2v) is 5.69. The van der Waals surface area contributed by atoms with Crippen molar-refractivity contribution in [1.82, 2.24) is 14.8 Å². The number of thioether (sulfide) groups is 1. The van der Waals surface area contributed by atoms with E-state index in [0.717, 1.165) is 0 Å². The number of halogens is 1. The van der Waals surface area contributed by atoms with Crippen molar-refractivity contribution in [2.45, 2.75) is 18.2 Å². The Morgan fingerprint density at radius 3 is 2.86 bits per heavy atom. The van der Waals surface area contributed by atoms with Crippen LogP contribution in [0.5, 0.6) is 5.75 Å². The lowest BCUT2D eigenvalue weighted by molar-refractivity contribution is -0.115. The minimum absolute atomic E-state index is 0.158. The summed E-state index contributed by atoms with van der Waals surface area (Å²) >= 11 is 7.30. The summed E-state index contributed by atoms with van der Waals surface area (Å²) in [5.74, 6) is 0.985. The maximum absolute atomic E-state index is 10.8. The summed E-state index contributed by atoms with van der Waals surface area (Å²) in [5, 5.41) is 9.27. The van der Waals surface area contributed by atoms with E-state index in [9.17, 15) is 4.79 Å².